The van der Waals surface area contributed by atoms with Gasteiger partial charge in [0, 0.05) is 12.8 Å². The van der Waals surface area contributed by atoms with E-state index in [1.165, 1.54) is 6.92 Å². The van der Waals surface area contributed by atoms with E-state index in [0.29, 0.717) is 6.42 Å². The van der Waals surface area contributed by atoms with Gasteiger partial charge in [0.05, 0.1) is 0 Å². The topological polar surface area (TPSA) is 80.7 Å². The van der Waals surface area contributed by atoms with Crippen molar-refractivity contribution in [1.82, 2.24) is 0 Å². The van der Waals surface area contributed by atoms with Crippen LogP contribution in [0, 0.1) is 0 Å². The SMILES string of the molecule is CC(=O)CCCC(=O)OS(=O)O. The van der Waals surface area contributed by atoms with Gasteiger partial charge in [-0.25, -0.2) is 0 Å². The van der Waals surface area contributed by atoms with Crippen LogP contribution in [0.1, 0.15) is 26.2 Å². The van der Waals surface area contributed by atoms with E-state index < -0.39 is 17.3 Å². The molecule has 0 amide bonds. The third kappa shape index (κ3) is 7.36. The second kappa shape index (κ2) is 5.84. The lowest BCUT2D eigenvalue weighted by Crippen LogP contribution is -2.06. The molecule has 1 atom stereocenters. The molecule has 0 saturated carbocycles. The Hall–Kier alpha value is -0.750. The molecule has 0 rings (SSSR count). The molecule has 0 bridgehead atoms. The fraction of sp³-hybridized carbons (Fsp3) is 0.667. The number of carbonyl (C=O) groups excluding carboxylic acids is 2. The number of hydrogen-bond acceptors (Lipinski definition) is 4. The maximum absolute atomic E-state index is 10.5. The second-order valence-corrected chi connectivity index (χ2v) is 2.83. The first kappa shape index (κ1) is 11.2. The molecule has 0 spiro atoms. The van der Waals surface area contributed by atoms with Crippen LogP contribution in [0.4, 0.5) is 0 Å². The third-order valence-corrected chi connectivity index (χ3v) is 1.40. The first-order valence-corrected chi connectivity index (χ1v) is 4.37. The summed E-state index contributed by atoms with van der Waals surface area (Å²) in [6.07, 6.45) is 0.629. The van der Waals surface area contributed by atoms with Crippen molar-refractivity contribution in [3.8, 4) is 0 Å². The van der Waals surface area contributed by atoms with Gasteiger partial charge in [0.2, 0.25) is 0 Å². The zero-order chi connectivity index (χ0) is 9.56. The van der Waals surface area contributed by atoms with Crippen LogP contribution < -0.4 is 0 Å². The van der Waals surface area contributed by atoms with Gasteiger partial charge in [-0.3, -0.25) is 9.35 Å². The highest BCUT2D eigenvalue weighted by molar-refractivity contribution is 7.74. The summed E-state index contributed by atoms with van der Waals surface area (Å²) in [4.78, 5) is 20.9. The van der Waals surface area contributed by atoms with Crippen LogP contribution in [-0.2, 0) is 25.1 Å². The number of hydrogen-bond donors (Lipinski definition) is 1. The zero-order valence-corrected chi connectivity index (χ0v) is 7.43. The summed E-state index contributed by atoms with van der Waals surface area (Å²) < 4.78 is 21.9. The molecule has 0 heterocycles. The Morgan fingerprint density at radius 3 is 2.42 bits per heavy atom. The average Bonchev–Trinajstić information content (AvgIpc) is 1.84. The van der Waals surface area contributed by atoms with Crippen molar-refractivity contribution in [2.45, 2.75) is 26.2 Å². The summed E-state index contributed by atoms with van der Waals surface area (Å²) >= 11 is -2.54. The maximum Gasteiger partial charge on any atom is 0.360 e. The third-order valence-electron chi connectivity index (χ3n) is 1.07. The molecule has 0 aromatic carbocycles. The van der Waals surface area contributed by atoms with Gasteiger partial charge >= 0.3 is 17.3 Å². The summed E-state index contributed by atoms with van der Waals surface area (Å²) in [7, 11) is 0. The Balaban J connectivity index is 3.44. The largest absolute Gasteiger partial charge is 0.360 e. The number of carbonyl (C=O) groups is 2. The summed E-state index contributed by atoms with van der Waals surface area (Å²) in [6, 6.07) is 0. The van der Waals surface area contributed by atoms with Crippen LogP contribution in [0.5, 0.6) is 0 Å². The lowest BCUT2D eigenvalue weighted by atomic mass is 10.2. The maximum atomic E-state index is 10.5. The predicted molar refractivity (Wildman–Crippen MR) is 41.4 cm³/mol. The fourth-order valence-electron chi connectivity index (χ4n) is 0.603. The van der Waals surface area contributed by atoms with Crippen LogP contribution >= 0.6 is 0 Å². The second-order valence-electron chi connectivity index (χ2n) is 2.23. The average molecular weight is 194 g/mol. The standard InChI is InChI=1S/C6H10O5S/c1-5(7)3-2-4-6(8)11-12(9)10/h2-4H2,1H3,(H,9,10). The fourth-order valence-corrected chi connectivity index (χ4v) is 0.845. The van der Waals surface area contributed by atoms with Crippen molar-refractivity contribution >= 4 is 23.1 Å². The molecule has 70 valence electrons. The van der Waals surface area contributed by atoms with Gasteiger partial charge in [-0.1, -0.05) is 0 Å². The molecule has 1 unspecified atom stereocenters. The first-order chi connectivity index (χ1) is 5.52. The molecule has 0 saturated heterocycles. The van der Waals surface area contributed by atoms with E-state index in [4.69, 9.17) is 4.55 Å². The van der Waals surface area contributed by atoms with Crippen molar-refractivity contribution < 1.29 is 22.5 Å². The van der Waals surface area contributed by atoms with Crippen molar-refractivity contribution in [1.29, 1.82) is 0 Å². The predicted octanol–water partition coefficient (Wildman–Crippen LogP) is 0.426. The van der Waals surface area contributed by atoms with Crippen molar-refractivity contribution in [2.24, 2.45) is 0 Å². The molecule has 12 heavy (non-hydrogen) atoms. The first-order valence-electron chi connectivity index (χ1n) is 3.34. The monoisotopic (exact) mass is 194 g/mol. The molecule has 0 aromatic rings. The minimum Gasteiger partial charge on any atom is -0.343 e. The van der Waals surface area contributed by atoms with Gasteiger partial charge in [-0.15, -0.1) is 0 Å². The number of Topliss-reactive ketones (excluding diaryl/α,β-unsaturated/α-hetero) is 1. The number of ketones is 1. The van der Waals surface area contributed by atoms with Crippen molar-refractivity contribution in [3.05, 3.63) is 0 Å². The van der Waals surface area contributed by atoms with Gasteiger partial charge < -0.3 is 8.98 Å². The molecule has 1 N–H and O–H groups in total. The van der Waals surface area contributed by atoms with Gasteiger partial charge in [-0.05, 0) is 13.3 Å². The van der Waals surface area contributed by atoms with Gasteiger partial charge in [0.1, 0.15) is 5.78 Å². The van der Waals surface area contributed by atoms with E-state index in [1.807, 2.05) is 0 Å². The summed E-state index contributed by atoms with van der Waals surface area (Å²) in [6.45, 7) is 1.41. The molecule has 0 radical (unpaired) electrons. The molecule has 0 aromatic heterocycles. The molecule has 0 fully saturated rings. The van der Waals surface area contributed by atoms with E-state index in [1.54, 1.807) is 0 Å². The summed E-state index contributed by atoms with van der Waals surface area (Å²) in [5, 5.41) is 0. The molecule has 6 heteroatoms. The Morgan fingerprint density at radius 2 is 2.00 bits per heavy atom. The van der Waals surface area contributed by atoms with E-state index in [-0.39, 0.29) is 18.6 Å². The summed E-state index contributed by atoms with van der Waals surface area (Å²) in [5.74, 6) is -0.787. The zero-order valence-electron chi connectivity index (χ0n) is 6.61. The van der Waals surface area contributed by atoms with Gasteiger partial charge in [0.15, 0.2) is 0 Å². The number of rotatable bonds is 5. The lowest BCUT2D eigenvalue weighted by molar-refractivity contribution is -0.134. The highest BCUT2D eigenvalue weighted by atomic mass is 32.2. The molecule has 0 aliphatic carbocycles. The van der Waals surface area contributed by atoms with E-state index >= 15 is 0 Å². The Kier molecular flexibility index (Phi) is 5.48. The summed E-state index contributed by atoms with van der Waals surface area (Å²) in [5.41, 5.74) is 0. The minimum atomic E-state index is -2.54. The Morgan fingerprint density at radius 1 is 1.42 bits per heavy atom. The normalized spacial score (nSPS) is 12.2. The van der Waals surface area contributed by atoms with Crippen LogP contribution in [0.3, 0.4) is 0 Å². The van der Waals surface area contributed by atoms with Crippen molar-refractivity contribution in [3.63, 3.8) is 0 Å². The minimum absolute atomic E-state index is 0.00806. The van der Waals surface area contributed by atoms with Crippen LogP contribution in [0.15, 0.2) is 0 Å². The van der Waals surface area contributed by atoms with E-state index in [0.717, 1.165) is 0 Å². The van der Waals surface area contributed by atoms with Gasteiger partial charge in [0.25, 0.3) is 0 Å². The van der Waals surface area contributed by atoms with E-state index in [9.17, 15) is 13.8 Å². The molecular weight excluding hydrogens is 184 g/mol. The van der Waals surface area contributed by atoms with Crippen molar-refractivity contribution in [2.75, 3.05) is 0 Å². The highest BCUT2D eigenvalue weighted by Crippen LogP contribution is 1.98. The molecule has 0 aliphatic rings. The van der Waals surface area contributed by atoms with Crippen LogP contribution in [0.25, 0.3) is 0 Å². The van der Waals surface area contributed by atoms with Crippen LogP contribution in [0.2, 0.25) is 0 Å². The molecule has 5 nitrogen and oxygen atoms in total. The van der Waals surface area contributed by atoms with Crippen LogP contribution in [-0.4, -0.2) is 20.5 Å². The quantitative estimate of drug-likeness (QED) is 0.642. The molecule has 0 aliphatic heterocycles. The lowest BCUT2D eigenvalue weighted by Gasteiger charge is -1.96. The smallest absolute Gasteiger partial charge is 0.343 e. The highest BCUT2D eigenvalue weighted by Gasteiger charge is 2.06. The van der Waals surface area contributed by atoms with E-state index in [2.05, 4.69) is 4.18 Å². The Bertz CT molecular complexity index is 200. The molecular formula is C6H10O5S. The Labute approximate surface area is 72.6 Å². The van der Waals surface area contributed by atoms with Gasteiger partial charge in [-0.2, -0.15) is 4.21 Å².